The topological polar surface area (TPSA) is 66.8 Å². The molecule has 4 heteroatoms. The molecular weight excluding hydrogens is 436 g/mol. The van der Waals surface area contributed by atoms with Crippen LogP contribution < -0.4 is 0 Å². The van der Waals surface area contributed by atoms with E-state index < -0.39 is 11.4 Å². The molecule has 0 amide bonds. The van der Waals surface area contributed by atoms with Gasteiger partial charge >= 0.3 is 5.97 Å². The zero-order valence-corrected chi connectivity index (χ0v) is 23.7. The highest BCUT2D eigenvalue weighted by Crippen LogP contribution is 2.77. The minimum absolute atomic E-state index is 0.0133. The van der Waals surface area contributed by atoms with Crippen LogP contribution in [0, 0.1) is 62.6 Å². The van der Waals surface area contributed by atoms with Crippen molar-refractivity contribution in [3.63, 3.8) is 0 Å². The molecule has 0 saturated heterocycles. The van der Waals surface area contributed by atoms with Gasteiger partial charge in [-0.15, -0.1) is 0 Å². The highest BCUT2D eigenvalue weighted by molar-refractivity contribution is 5.75. The molecule has 0 aromatic heterocycles. The summed E-state index contributed by atoms with van der Waals surface area (Å²) in [5.41, 5.74) is -0.381. The molecule has 0 spiro atoms. The maximum atomic E-state index is 12.9. The summed E-state index contributed by atoms with van der Waals surface area (Å²) < 4.78 is 6.46. The Balaban J connectivity index is 1.62. The van der Waals surface area contributed by atoms with Crippen molar-refractivity contribution in [2.24, 2.45) is 62.6 Å². The van der Waals surface area contributed by atoms with Gasteiger partial charge < -0.3 is 14.9 Å². The Bertz CT molecular complexity index is 868. The molecule has 0 aromatic carbocycles. The Morgan fingerprint density at radius 2 is 1.57 bits per heavy atom. The first-order chi connectivity index (χ1) is 16.2. The van der Waals surface area contributed by atoms with Crippen molar-refractivity contribution in [2.45, 2.75) is 118 Å². The number of aliphatic hydroxyl groups is 1. The molecule has 5 aliphatic carbocycles. The fourth-order valence-electron chi connectivity index (χ4n) is 11.9. The van der Waals surface area contributed by atoms with Crippen molar-refractivity contribution in [2.75, 3.05) is 7.11 Å². The molecule has 35 heavy (non-hydrogen) atoms. The molecule has 5 saturated carbocycles. The second kappa shape index (κ2) is 7.95. The van der Waals surface area contributed by atoms with Gasteiger partial charge in [0, 0.05) is 12.5 Å². The van der Waals surface area contributed by atoms with Crippen LogP contribution in [0.2, 0.25) is 0 Å². The van der Waals surface area contributed by atoms with Gasteiger partial charge in [-0.1, -0.05) is 48.5 Å². The molecule has 5 aliphatic rings. The lowest BCUT2D eigenvalue weighted by Gasteiger charge is -2.75. The number of methoxy groups -OCH3 is 1. The average molecular weight is 489 g/mol. The van der Waals surface area contributed by atoms with Crippen LogP contribution in [0.1, 0.15) is 106 Å². The van der Waals surface area contributed by atoms with Crippen LogP contribution in [-0.4, -0.2) is 35.5 Å². The molecule has 4 nitrogen and oxygen atoms in total. The van der Waals surface area contributed by atoms with Crippen LogP contribution in [0.4, 0.5) is 0 Å². The smallest absolute Gasteiger partial charge is 0.309 e. The van der Waals surface area contributed by atoms with E-state index in [-0.39, 0.29) is 39.8 Å². The first-order valence-electron chi connectivity index (χ1n) is 14.7. The van der Waals surface area contributed by atoms with Crippen LogP contribution in [0.3, 0.4) is 0 Å². The van der Waals surface area contributed by atoms with Gasteiger partial charge in [0.25, 0.3) is 0 Å². The number of aliphatic carboxylic acids is 1. The van der Waals surface area contributed by atoms with Crippen LogP contribution in [0.5, 0.6) is 0 Å². The predicted molar refractivity (Wildman–Crippen MR) is 139 cm³/mol. The largest absolute Gasteiger partial charge is 0.481 e. The third-order valence-electron chi connectivity index (χ3n) is 14.3. The van der Waals surface area contributed by atoms with E-state index >= 15 is 0 Å². The zero-order valence-electron chi connectivity index (χ0n) is 23.7. The summed E-state index contributed by atoms with van der Waals surface area (Å²) in [6.45, 7) is 16.9. The Kier molecular flexibility index (Phi) is 5.91. The van der Waals surface area contributed by atoms with Gasteiger partial charge in [0.2, 0.25) is 0 Å². The molecule has 5 fully saturated rings. The van der Waals surface area contributed by atoms with Crippen LogP contribution >= 0.6 is 0 Å². The van der Waals surface area contributed by atoms with E-state index in [0.717, 1.165) is 51.4 Å². The van der Waals surface area contributed by atoms with Gasteiger partial charge in [0.1, 0.15) is 0 Å². The molecule has 200 valence electrons. The molecule has 0 aliphatic heterocycles. The summed E-state index contributed by atoms with van der Waals surface area (Å²) in [5, 5.41) is 21.6. The fourth-order valence-corrected chi connectivity index (χ4v) is 11.9. The van der Waals surface area contributed by atoms with E-state index in [0.29, 0.717) is 29.6 Å². The summed E-state index contributed by atoms with van der Waals surface area (Å²) in [6, 6.07) is 0. The number of hydrogen-bond donors (Lipinski definition) is 2. The molecule has 0 heterocycles. The van der Waals surface area contributed by atoms with E-state index in [1.807, 2.05) is 7.11 Å². The van der Waals surface area contributed by atoms with E-state index in [9.17, 15) is 15.0 Å². The first-order valence-corrected chi connectivity index (χ1v) is 14.7. The number of rotatable bonds is 2. The van der Waals surface area contributed by atoms with E-state index in [2.05, 4.69) is 48.5 Å². The molecule has 2 N–H and O–H groups in total. The normalized spacial score (nSPS) is 57.3. The number of ether oxygens (including phenoxy) is 1. The monoisotopic (exact) mass is 488 g/mol. The Morgan fingerprint density at radius 3 is 2.20 bits per heavy atom. The maximum Gasteiger partial charge on any atom is 0.309 e. The second-order valence-corrected chi connectivity index (χ2v) is 15.2. The van der Waals surface area contributed by atoms with E-state index in [1.54, 1.807) is 0 Å². The van der Waals surface area contributed by atoms with E-state index in [1.165, 1.54) is 6.42 Å². The molecule has 12 unspecified atom stereocenters. The SMILES string of the molecule is COC1CC2C(C)(C)C(O)CCC2(C)C2CCC3C4C(C)C(C)CCC4(C(=O)O)CCC3(C)C12C. The van der Waals surface area contributed by atoms with Crippen molar-refractivity contribution in [1.29, 1.82) is 0 Å². The molecule has 0 aromatic rings. The number of carboxylic acid groups (broad SMARTS) is 1. The van der Waals surface area contributed by atoms with Gasteiger partial charge in [-0.25, -0.2) is 0 Å². The van der Waals surface area contributed by atoms with Gasteiger partial charge in [-0.05, 0) is 110 Å². The number of aliphatic hydroxyl groups excluding tert-OH is 1. The quantitative estimate of drug-likeness (QED) is 0.449. The van der Waals surface area contributed by atoms with Gasteiger partial charge in [0.05, 0.1) is 17.6 Å². The number of carbonyl (C=O) groups is 1. The van der Waals surface area contributed by atoms with Crippen molar-refractivity contribution in [1.82, 2.24) is 0 Å². The third-order valence-corrected chi connectivity index (χ3v) is 14.3. The molecule has 12 atom stereocenters. The number of fused-ring (bicyclic) bond motifs is 7. The van der Waals surface area contributed by atoms with Crippen LogP contribution in [-0.2, 0) is 9.53 Å². The molecular formula is C31H52O4. The standard InChI is InChI=1S/C31H52O4/c1-18-11-14-31(26(33)34)16-15-29(6)20(25(31)19(18)2)9-10-21-28(5)13-12-23(32)27(3,4)22(28)17-24(35-8)30(21,29)7/h18-25,32H,9-17H2,1-8H3,(H,33,34). The van der Waals surface area contributed by atoms with Crippen molar-refractivity contribution < 1.29 is 19.7 Å². The molecule has 0 radical (unpaired) electrons. The molecule has 0 bridgehead atoms. The highest BCUT2D eigenvalue weighted by Gasteiger charge is 2.73. The predicted octanol–water partition coefficient (Wildman–Crippen LogP) is 6.79. The Labute approximate surface area is 214 Å². The lowest BCUT2D eigenvalue weighted by molar-refractivity contribution is -0.293. The third kappa shape index (κ3) is 3.02. The summed E-state index contributed by atoms with van der Waals surface area (Å²) in [6.07, 6.45) is 8.93. The highest BCUT2D eigenvalue weighted by atomic mass is 16.5. The summed E-state index contributed by atoms with van der Waals surface area (Å²) in [7, 11) is 1.91. The van der Waals surface area contributed by atoms with Crippen molar-refractivity contribution in [3.8, 4) is 0 Å². The first kappa shape index (κ1) is 26.0. The number of hydrogen-bond acceptors (Lipinski definition) is 3. The van der Waals surface area contributed by atoms with Gasteiger partial charge in [-0.2, -0.15) is 0 Å². The minimum atomic E-state index is -0.542. The van der Waals surface area contributed by atoms with Gasteiger partial charge in [0.15, 0.2) is 0 Å². The van der Waals surface area contributed by atoms with Gasteiger partial charge in [-0.3, -0.25) is 4.79 Å². The Hall–Kier alpha value is -0.610. The van der Waals surface area contributed by atoms with Crippen LogP contribution in [0.25, 0.3) is 0 Å². The summed E-state index contributed by atoms with van der Waals surface area (Å²) in [5.74, 6) is 2.18. The zero-order chi connectivity index (χ0) is 25.8. The Morgan fingerprint density at radius 1 is 0.886 bits per heavy atom. The lowest BCUT2D eigenvalue weighted by atomic mass is 9.30. The molecule has 5 rings (SSSR count). The van der Waals surface area contributed by atoms with Crippen LogP contribution in [0.15, 0.2) is 0 Å². The number of carboxylic acids is 1. The average Bonchev–Trinajstić information content (AvgIpc) is 2.79. The maximum absolute atomic E-state index is 12.9. The summed E-state index contributed by atoms with van der Waals surface area (Å²) in [4.78, 5) is 12.9. The fraction of sp³-hybridized carbons (Fsp3) is 0.968. The van der Waals surface area contributed by atoms with Crippen molar-refractivity contribution in [3.05, 3.63) is 0 Å². The van der Waals surface area contributed by atoms with E-state index in [4.69, 9.17) is 4.74 Å². The lowest BCUT2D eigenvalue weighted by Crippen LogP contribution is -2.72. The van der Waals surface area contributed by atoms with Crippen molar-refractivity contribution >= 4 is 5.97 Å². The summed E-state index contributed by atoms with van der Waals surface area (Å²) >= 11 is 0. The minimum Gasteiger partial charge on any atom is -0.481 e. The second-order valence-electron chi connectivity index (χ2n) is 15.2.